The van der Waals surface area contributed by atoms with Gasteiger partial charge in [0.1, 0.15) is 4.90 Å². The number of amides is 1. The van der Waals surface area contributed by atoms with Crippen molar-refractivity contribution >= 4 is 39.2 Å². The van der Waals surface area contributed by atoms with Gasteiger partial charge in [-0.1, -0.05) is 30.2 Å². The first-order valence-corrected chi connectivity index (χ1v) is 10.5. The predicted octanol–water partition coefficient (Wildman–Crippen LogP) is 2.13. The molecule has 0 saturated carbocycles. The third-order valence-corrected chi connectivity index (χ3v) is 6.88. The molecule has 7 nitrogen and oxygen atoms in total. The molecule has 2 aromatic carbocycles. The number of aromatic carboxylic acids is 1. The molecule has 1 aliphatic heterocycles. The number of benzene rings is 2. The number of sulfonamides is 1. The molecule has 3 rings (SSSR count). The van der Waals surface area contributed by atoms with E-state index in [0.717, 1.165) is 19.3 Å². The number of piperidine rings is 1. The molecule has 0 atom stereocenters. The number of rotatable bonds is 5. The van der Waals surface area contributed by atoms with Crippen LogP contribution < -0.4 is 10.4 Å². The average molecular weight is 422 g/mol. The first-order valence-electron chi connectivity index (χ1n) is 8.71. The number of carboxylic acids is 1. The summed E-state index contributed by atoms with van der Waals surface area (Å²) in [5.74, 6) is -1.85. The Labute approximate surface area is 168 Å². The zero-order chi connectivity index (χ0) is 20.3. The second-order valence-corrected chi connectivity index (χ2v) is 8.74. The van der Waals surface area contributed by atoms with Crippen molar-refractivity contribution in [2.45, 2.75) is 24.2 Å². The third-order valence-electron chi connectivity index (χ3n) is 4.50. The maximum Gasteiger partial charge on any atom is 0.255 e. The summed E-state index contributed by atoms with van der Waals surface area (Å²) in [4.78, 5) is 23.2. The number of carbonyl (C=O) groups is 2. The molecule has 1 amide bonds. The van der Waals surface area contributed by atoms with E-state index in [2.05, 4.69) is 5.32 Å². The summed E-state index contributed by atoms with van der Waals surface area (Å²) in [5, 5.41) is 13.4. The van der Waals surface area contributed by atoms with Gasteiger partial charge in [0.15, 0.2) is 0 Å². The van der Waals surface area contributed by atoms with Crippen LogP contribution in [0.4, 0.5) is 5.69 Å². The zero-order valence-electron chi connectivity index (χ0n) is 14.9. The lowest BCUT2D eigenvalue weighted by atomic mass is 10.2. The minimum atomic E-state index is -3.79. The van der Waals surface area contributed by atoms with Crippen molar-refractivity contribution in [3.63, 3.8) is 0 Å². The van der Waals surface area contributed by atoms with E-state index in [0.29, 0.717) is 18.8 Å². The predicted molar refractivity (Wildman–Crippen MR) is 103 cm³/mol. The Morgan fingerprint density at radius 3 is 2.18 bits per heavy atom. The van der Waals surface area contributed by atoms with E-state index >= 15 is 0 Å². The van der Waals surface area contributed by atoms with Crippen LogP contribution in [-0.4, -0.2) is 37.7 Å². The minimum Gasteiger partial charge on any atom is -0.545 e. The molecule has 148 valence electrons. The average Bonchev–Trinajstić information content (AvgIpc) is 2.69. The van der Waals surface area contributed by atoms with Crippen LogP contribution >= 0.6 is 11.6 Å². The number of halogens is 1. The third kappa shape index (κ3) is 4.35. The van der Waals surface area contributed by atoms with E-state index in [1.54, 1.807) is 0 Å². The molecule has 9 heteroatoms. The van der Waals surface area contributed by atoms with Gasteiger partial charge in [-0.15, -0.1) is 0 Å². The molecule has 0 aromatic heterocycles. The van der Waals surface area contributed by atoms with Gasteiger partial charge in [0.25, 0.3) is 5.91 Å². The zero-order valence-corrected chi connectivity index (χ0v) is 16.4. The van der Waals surface area contributed by atoms with Gasteiger partial charge in [-0.05, 0) is 48.7 Å². The molecule has 0 spiro atoms. The number of hydrogen-bond donors (Lipinski definition) is 1. The molecule has 28 heavy (non-hydrogen) atoms. The fraction of sp³-hybridized carbons (Fsp3) is 0.263. The molecule has 1 fully saturated rings. The highest BCUT2D eigenvalue weighted by Crippen LogP contribution is 2.28. The highest BCUT2D eigenvalue weighted by molar-refractivity contribution is 7.89. The van der Waals surface area contributed by atoms with Gasteiger partial charge in [0.05, 0.1) is 11.0 Å². The Kier molecular flexibility index (Phi) is 6.02. The molecule has 0 unspecified atom stereocenters. The summed E-state index contributed by atoms with van der Waals surface area (Å²) in [5.41, 5.74) is 0.480. The van der Waals surface area contributed by atoms with Crippen molar-refractivity contribution < 1.29 is 23.1 Å². The lowest BCUT2D eigenvalue weighted by Gasteiger charge is -2.26. The van der Waals surface area contributed by atoms with Gasteiger partial charge in [0, 0.05) is 24.3 Å². The van der Waals surface area contributed by atoms with Gasteiger partial charge in [-0.3, -0.25) is 4.79 Å². The Morgan fingerprint density at radius 2 is 1.57 bits per heavy atom. The van der Waals surface area contributed by atoms with Crippen LogP contribution in [-0.2, 0) is 10.0 Å². The molecule has 0 radical (unpaired) electrons. The van der Waals surface area contributed by atoms with Crippen LogP contribution in [0.1, 0.15) is 40.0 Å². The standard InChI is InChI=1S/C19H19ClN2O5S/c20-16-9-6-14(12-17(16)28(26,27)22-10-2-1-3-11-22)18(23)21-15-7-4-13(5-8-15)19(24)25/h4-9,12H,1-3,10-11H2,(H,21,23)(H,24,25)/p-1. The maximum absolute atomic E-state index is 12.9. The fourth-order valence-electron chi connectivity index (χ4n) is 2.98. The van der Waals surface area contributed by atoms with Gasteiger partial charge in [-0.25, -0.2) is 8.42 Å². The Morgan fingerprint density at radius 1 is 0.964 bits per heavy atom. The molecule has 1 heterocycles. The summed E-state index contributed by atoms with van der Waals surface area (Å²) in [7, 11) is -3.79. The number of hydrogen-bond acceptors (Lipinski definition) is 5. The highest BCUT2D eigenvalue weighted by Gasteiger charge is 2.28. The fourth-order valence-corrected chi connectivity index (χ4v) is 5.00. The van der Waals surface area contributed by atoms with Crippen LogP contribution in [0.15, 0.2) is 47.4 Å². The molecular formula is C19H18ClN2O5S-. The topological polar surface area (TPSA) is 107 Å². The van der Waals surface area contributed by atoms with Gasteiger partial charge in [-0.2, -0.15) is 4.31 Å². The minimum absolute atomic E-state index is 0.0144. The van der Waals surface area contributed by atoms with Crippen molar-refractivity contribution in [3.8, 4) is 0 Å². The van der Waals surface area contributed by atoms with E-state index in [1.807, 2.05) is 0 Å². The lowest BCUT2D eigenvalue weighted by molar-refractivity contribution is -0.255. The summed E-state index contributed by atoms with van der Waals surface area (Å²) in [6, 6.07) is 9.53. The van der Waals surface area contributed by atoms with Crippen LogP contribution in [0.25, 0.3) is 0 Å². The Balaban J connectivity index is 1.83. The molecular weight excluding hydrogens is 404 g/mol. The first kappa shape index (κ1) is 20.3. The summed E-state index contributed by atoms with van der Waals surface area (Å²) in [6.45, 7) is 0.861. The van der Waals surface area contributed by atoms with Crippen molar-refractivity contribution in [1.29, 1.82) is 0 Å². The van der Waals surface area contributed by atoms with Crippen LogP contribution in [0.3, 0.4) is 0 Å². The number of carboxylic acid groups (broad SMARTS) is 1. The molecule has 0 bridgehead atoms. The summed E-state index contributed by atoms with van der Waals surface area (Å²) < 4.78 is 27.2. The van der Waals surface area contributed by atoms with Crippen molar-refractivity contribution in [1.82, 2.24) is 4.31 Å². The lowest BCUT2D eigenvalue weighted by Crippen LogP contribution is -2.35. The van der Waals surface area contributed by atoms with Crippen molar-refractivity contribution in [3.05, 3.63) is 58.6 Å². The van der Waals surface area contributed by atoms with Crippen molar-refractivity contribution in [2.24, 2.45) is 0 Å². The highest BCUT2D eigenvalue weighted by atomic mass is 35.5. The SMILES string of the molecule is O=C([O-])c1ccc(NC(=O)c2ccc(Cl)c(S(=O)(=O)N3CCCCC3)c2)cc1. The molecule has 2 aromatic rings. The molecule has 0 aliphatic carbocycles. The maximum atomic E-state index is 12.9. The van der Waals surface area contributed by atoms with E-state index in [4.69, 9.17) is 11.6 Å². The molecule has 1 saturated heterocycles. The van der Waals surface area contributed by atoms with Crippen LogP contribution in [0.5, 0.6) is 0 Å². The van der Waals surface area contributed by atoms with Gasteiger partial charge >= 0.3 is 0 Å². The Hall–Kier alpha value is -2.42. The van der Waals surface area contributed by atoms with E-state index in [1.165, 1.54) is 46.8 Å². The largest absolute Gasteiger partial charge is 0.545 e. The molecule has 1 aliphatic rings. The molecule has 1 N–H and O–H groups in total. The quantitative estimate of drug-likeness (QED) is 0.795. The second-order valence-electron chi connectivity index (χ2n) is 6.43. The van der Waals surface area contributed by atoms with Crippen LogP contribution in [0.2, 0.25) is 5.02 Å². The summed E-state index contributed by atoms with van der Waals surface area (Å²) in [6.07, 6.45) is 2.57. The van der Waals surface area contributed by atoms with Crippen LogP contribution in [0, 0.1) is 0 Å². The van der Waals surface area contributed by atoms with Gasteiger partial charge in [0.2, 0.25) is 10.0 Å². The number of anilines is 1. The number of nitrogens with one attached hydrogen (secondary N) is 1. The smallest absolute Gasteiger partial charge is 0.255 e. The second kappa shape index (κ2) is 8.30. The summed E-state index contributed by atoms with van der Waals surface area (Å²) >= 11 is 6.11. The number of carbonyl (C=O) groups excluding carboxylic acids is 2. The monoisotopic (exact) mass is 421 g/mol. The van der Waals surface area contributed by atoms with Crippen molar-refractivity contribution in [2.75, 3.05) is 18.4 Å². The number of nitrogens with zero attached hydrogens (tertiary/aromatic N) is 1. The first-order chi connectivity index (χ1) is 13.3. The Bertz CT molecular complexity index is 999. The van der Waals surface area contributed by atoms with E-state index in [-0.39, 0.29) is 21.0 Å². The van der Waals surface area contributed by atoms with E-state index < -0.39 is 21.9 Å². The van der Waals surface area contributed by atoms with E-state index in [9.17, 15) is 23.1 Å². The van der Waals surface area contributed by atoms with Gasteiger partial charge < -0.3 is 15.2 Å². The normalized spacial score (nSPS) is 15.2.